The van der Waals surface area contributed by atoms with Crippen LogP contribution in [-0.4, -0.2) is 62.9 Å². The van der Waals surface area contributed by atoms with Gasteiger partial charge in [-0.25, -0.2) is 9.59 Å². The number of carboxylic acid groups (broad SMARTS) is 2. The summed E-state index contributed by atoms with van der Waals surface area (Å²) in [6, 6.07) is 7.86. The average Bonchev–Trinajstić information content (AvgIpc) is 3.08. The van der Waals surface area contributed by atoms with Crippen LogP contribution in [0.5, 0.6) is 0 Å². The molecule has 0 aliphatic carbocycles. The van der Waals surface area contributed by atoms with E-state index in [1.807, 2.05) is 23.9 Å². The quantitative estimate of drug-likeness (QED) is 0.610. The minimum absolute atomic E-state index is 0.126. The van der Waals surface area contributed by atoms with Crippen molar-refractivity contribution in [1.82, 2.24) is 10.2 Å². The fourth-order valence-electron chi connectivity index (χ4n) is 4.73. The predicted octanol–water partition coefficient (Wildman–Crippen LogP) is 3.18. The lowest BCUT2D eigenvalue weighted by atomic mass is 9.97. The van der Waals surface area contributed by atoms with Crippen molar-refractivity contribution >= 4 is 29.6 Å². The number of aliphatic carboxylic acids is 2. The number of nitrogens with zero attached hydrogens (tertiary/aromatic N) is 1. The molecule has 1 amide bonds. The van der Waals surface area contributed by atoms with E-state index in [9.17, 15) is 14.4 Å². The van der Waals surface area contributed by atoms with Crippen LogP contribution < -0.4 is 5.32 Å². The molecule has 2 saturated heterocycles. The number of benzene rings is 1. The van der Waals surface area contributed by atoms with Crippen LogP contribution in [0.4, 0.5) is 0 Å². The summed E-state index contributed by atoms with van der Waals surface area (Å²) in [5.74, 6) is -2.39. The van der Waals surface area contributed by atoms with Gasteiger partial charge in [0, 0.05) is 39.9 Å². The molecule has 2 bridgehead atoms. The maximum atomic E-state index is 12.9. The van der Waals surface area contributed by atoms with Gasteiger partial charge in [0.15, 0.2) is 0 Å². The van der Waals surface area contributed by atoms with Crippen LogP contribution in [0.2, 0.25) is 0 Å². The van der Waals surface area contributed by atoms with Crippen molar-refractivity contribution in [1.29, 1.82) is 0 Å². The normalized spacial score (nSPS) is 26.1. The van der Waals surface area contributed by atoms with E-state index in [1.165, 1.54) is 23.3 Å². The Labute approximate surface area is 186 Å². The standard InChI is InChI=1S/C19H26N2OS.C4H4O4/c1-19(2)11-12-5-4-6-16(17(12)23-19)18(22)20-13-9-14-7-8-15(10-13)21(14)3;5-3(6)1-2-4(7)8/h4-6,13-15H,7-11H2,1-3H3,(H,20,22);1-2H,(H,5,6)(H,7,8)/b;2-1-. The van der Waals surface area contributed by atoms with Crippen molar-refractivity contribution < 1.29 is 24.6 Å². The molecular weight excluding hydrogens is 416 g/mol. The number of carbonyl (C=O) groups excluding carboxylic acids is 1. The maximum Gasteiger partial charge on any atom is 0.328 e. The van der Waals surface area contributed by atoms with Gasteiger partial charge in [-0.3, -0.25) is 4.79 Å². The van der Waals surface area contributed by atoms with Crippen LogP contribution in [0.1, 0.15) is 55.5 Å². The summed E-state index contributed by atoms with van der Waals surface area (Å²) >= 11 is 1.86. The molecule has 2 fully saturated rings. The zero-order valence-electron chi connectivity index (χ0n) is 18.1. The van der Waals surface area contributed by atoms with Gasteiger partial charge < -0.3 is 20.4 Å². The van der Waals surface area contributed by atoms with E-state index in [2.05, 4.69) is 37.2 Å². The van der Waals surface area contributed by atoms with E-state index >= 15 is 0 Å². The van der Waals surface area contributed by atoms with Crippen molar-refractivity contribution in [3.05, 3.63) is 41.5 Å². The first kappa shape index (κ1) is 23.3. The molecule has 3 N–H and O–H groups in total. The van der Waals surface area contributed by atoms with Gasteiger partial charge in [-0.2, -0.15) is 0 Å². The Bertz CT molecular complexity index is 868. The Kier molecular flexibility index (Phi) is 7.11. The number of rotatable bonds is 4. The molecule has 168 valence electrons. The number of hydrogen-bond donors (Lipinski definition) is 3. The molecule has 2 unspecified atom stereocenters. The molecule has 2 atom stereocenters. The summed E-state index contributed by atoms with van der Waals surface area (Å²) in [6.07, 6.45) is 6.95. The molecule has 3 heterocycles. The number of carboxylic acids is 2. The summed E-state index contributed by atoms with van der Waals surface area (Å²) in [4.78, 5) is 35.7. The Morgan fingerprint density at radius 2 is 1.68 bits per heavy atom. The topological polar surface area (TPSA) is 107 Å². The van der Waals surface area contributed by atoms with E-state index in [0.717, 1.165) is 24.8 Å². The van der Waals surface area contributed by atoms with Crippen molar-refractivity contribution in [3.63, 3.8) is 0 Å². The first-order valence-electron chi connectivity index (χ1n) is 10.5. The molecule has 1 aromatic carbocycles. The molecule has 3 aliphatic rings. The lowest BCUT2D eigenvalue weighted by Gasteiger charge is -2.36. The monoisotopic (exact) mass is 446 g/mol. The summed E-state index contributed by atoms with van der Waals surface area (Å²) in [7, 11) is 2.24. The first-order valence-corrected chi connectivity index (χ1v) is 11.3. The summed E-state index contributed by atoms with van der Waals surface area (Å²) < 4.78 is 0.200. The molecule has 3 aliphatic heterocycles. The number of thioether (sulfide) groups is 1. The molecule has 0 saturated carbocycles. The number of fused-ring (bicyclic) bond motifs is 3. The largest absolute Gasteiger partial charge is 0.478 e. The van der Waals surface area contributed by atoms with E-state index in [0.29, 0.717) is 30.3 Å². The van der Waals surface area contributed by atoms with Crippen LogP contribution in [-0.2, 0) is 16.0 Å². The fraction of sp³-hybridized carbons (Fsp3) is 0.522. The summed E-state index contributed by atoms with van der Waals surface area (Å²) in [5.41, 5.74) is 2.21. The molecule has 31 heavy (non-hydrogen) atoms. The molecule has 0 radical (unpaired) electrons. The van der Waals surface area contributed by atoms with Crippen LogP contribution in [0.25, 0.3) is 0 Å². The summed E-state index contributed by atoms with van der Waals surface area (Å²) in [5, 5.41) is 19.0. The van der Waals surface area contributed by atoms with Gasteiger partial charge in [-0.15, -0.1) is 11.8 Å². The Hall–Kier alpha value is -2.32. The first-order chi connectivity index (χ1) is 14.6. The van der Waals surface area contributed by atoms with Crippen LogP contribution in [0.15, 0.2) is 35.2 Å². The highest BCUT2D eigenvalue weighted by atomic mass is 32.2. The molecule has 7 nitrogen and oxygen atoms in total. The van der Waals surface area contributed by atoms with Gasteiger partial charge in [-0.05, 0) is 50.8 Å². The third-order valence-electron chi connectivity index (χ3n) is 6.14. The highest BCUT2D eigenvalue weighted by molar-refractivity contribution is 8.01. The predicted molar refractivity (Wildman–Crippen MR) is 120 cm³/mol. The van der Waals surface area contributed by atoms with Crippen molar-refractivity contribution in [2.24, 2.45) is 0 Å². The Morgan fingerprint density at radius 1 is 1.10 bits per heavy atom. The van der Waals surface area contributed by atoms with Gasteiger partial charge in [0.05, 0.1) is 5.56 Å². The van der Waals surface area contributed by atoms with Crippen LogP contribution in [0.3, 0.4) is 0 Å². The molecule has 8 heteroatoms. The van der Waals surface area contributed by atoms with E-state index in [4.69, 9.17) is 10.2 Å². The molecule has 4 rings (SSSR count). The van der Waals surface area contributed by atoms with Gasteiger partial charge in [0.25, 0.3) is 5.91 Å². The van der Waals surface area contributed by atoms with E-state index < -0.39 is 11.9 Å². The fourth-order valence-corrected chi connectivity index (χ4v) is 6.05. The smallest absolute Gasteiger partial charge is 0.328 e. The third kappa shape index (κ3) is 5.89. The van der Waals surface area contributed by atoms with Crippen molar-refractivity contribution in [3.8, 4) is 0 Å². The second-order valence-corrected chi connectivity index (χ2v) is 10.8. The van der Waals surface area contributed by atoms with Crippen LogP contribution >= 0.6 is 11.8 Å². The third-order valence-corrected chi connectivity index (χ3v) is 7.52. The molecule has 0 aromatic heterocycles. The van der Waals surface area contributed by atoms with E-state index in [-0.39, 0.29) is 10.7 Å². The summed E-state index contributed by atoms with van der Waals surface area (Å²) in [6.45, 7) is 4.52. The van der Waals surface area contributed by atoms with Gasteiger partial charge in [0.2, 0.25) is 0 Å². The second-order valence-electron chi connectivity index (χ2n) is 9.03. The molecular formula is C23H30N2O5S. The Morgan fingerprint density at radius 3 is 2.23 bits per heavy atom. The van der Waals surface area contributed by atoms with Crippen LogP contribution in [0, 0.1) is 0 Å². The number of carbonyl (C=O) groups is 3. The SMILES string of the molecule is CN1C2CCC1CC(NC(=O)c1cccc3c1SC(C)(C)C3)C2.O=C(O)/C=C\C(=O)O. The Balaban J connectivity index is 0.000000293. The molecule has 1 aromatic rings. The molecule has 0 spiro atoms. The average molecular weight is 447 g/mol. The second kappa shape index (κ2) is 9.44. The van der Waals surface area contributed by atoms with Crippen molar-refractivity contribution in [2.45, 2.75) is 73.7 Å². The highest BCUT2D eigenvalue weighted by Crippen LogP contribution is 2.46. The minimum Gasteiger partial charge on any atom is -0.478 e. The number of amides is 1. The zero-order chi connectivity index (χ0) is 22.8. The van der Waals surface area contributed by atoms with E-state index in [1.54, 1.807) is 0 Å². The lowest BCUT2D eigenvalue weighted by Crippen LogP contribution is -2.48. The zero-order valence-corrected chi connectivity index (χ0v) is 18.9. The lowest BCUT2D eigenvalue weighted by molar-refractivity contribution is -0.134. The number of piperidine rings is 1. The number of nitrogens with one attached hydrogen (secondary N) is 1. The minimum atomic E-state index is -1.26. The van der Waals surface area contributed by atoms with Gasteiger partial charge in [-0.1, -0.05) is 26.0 Å². The van der Waals surface area contributed by atoms with Gasteiger partial charge >= 0.3 is 11.9 Å². The number of hydrogen-bond acceptors (Lipinski definition) is 5. The highest BCUT2D eigenvalue weighted by Gasteiger charge is 2.39. The van der Waals surface area contributed by atoms with Gasteiger partial charge in [0.1, 0.15) is 0 Å². The van der Waals surface area contributed by atoms with Crippen molar-refractivity contribution in [2.75, 3.05) is 7.05 Å². The maximum absolute atomic E-state index is 12.9.